The van der Waals surface area contributed by atoms with Crippen molar-refractivity contribution >= 4 is 35.0 Å². The van der Waals surface area contributed by atoms with Crippen LogP contribution in [-0.4, -0.2) is 20.1 Å². The number of hydrogen-bond acceptors (Lipinski definition) is 3. The average molecular weight is 684 g/mol. The second kappa shape index (κ2) is 13.6. The summed E-state index contributed by atoms with van der Waals surface area (Å²) in [5.41, 5.74) is 6.45. The van der Waals surface area contributed by atoms with E-state index in [2.05, 4.69) is 77.8 Å². The monoisotopic (exact) mass is 683 g/mol. The van der Waals surface area contributed by atoms with E-state index in [4.69, 9.17) is 0 Å². The first-order valence-electron chi connectivity index (χ1n) is 15.6. The molecule has 1 saturated carbocycles. The van der Waals surface area contributed by atoms with Crippen LogP contribution in [0, 0.1) is 11.8 Å². The quantitative estimate of drug-likeness (QED) is 0.124. The van der Waals surface area contributed by atoms with Crippen LogP contribution in [0.1, 0.15) is 61.1 Å². The van der Waals surface area contributed by atoms with Crippen molar-refractivity contribution < 1.29 is 7.86 Å². The molecule has 1 aromatic heterocycles. The summed E-state index contributed by atoms with van der Waals surface area (Å²) >= 11 is -3.41. The fourth-order valence-electron chi connectivity index (χ4n) is 7.06. The molecule has 0 aliphatic heterocycles. The van der Waals surface area contributed by atoms with Gasteiger partial charge in [-0.3, -0.25) is 4.98 Å². The molecule has 4 aromatic rings. The summed E-state index contributed by atoms with van der Waals surface area (Å²) in [7, 11) is 0. The summed E-state index contributed by atoms with van der Waals surface area (Å²) in [6.07, 6.45) is 15.0. The van der Waals surface area contributed by atoms with E-state index in [1.807, 2.05) is 41.6 Å². The van der Waals surface area contributed by atoms with Crippen molar-refractivity contribution in [2.45, 2.75) is 55.3 Å². The SMILES string of the molecule is CI(=O)(Cc1ccc2ccccc2c1)CC(CC(=O)C1CCCC2CC(Cc3cccnc3)=CC=C2C1)c1ccccc1. The Labute approximate surface area is 260 Å². The second-order valence-corrected chi connectivity index (χ2v) is 20.6. The molecule has 0 radical (unpaired) electrons. The molecule has 2 aliphatic rings. The minimum atomic E-state index is -3.41. The van der Waals surface area contributed by atoms with Gasteiger partial charge in [-0.25, -0.2) is 0 Å². The number of Topliss-reactive ketones (excluding diaryl/α,β-unsaturated/α-hetero) is 1. The van der Waals surface area contributed by atoms with Crippen LogP contribution in [0.2, 0.25) is 0 Å². The fraction of sp³-hybridized carbons (Fsp3) is 0.333. The maximum atomic E-state index is 14.2. The van der Waals surface area contributed by atoms with Gasteiger partial charge in [-0.15, -0.1) is 0 Å². The Bertz CT molecular complexity index is 1670. The van der Waals surface area contributed by atoms with Gasteiger partial charge in [-0.2, -0.15) is 0 Å². The van der Waals surface area contributed by atoms with Gasteiger partial charge in [-0.1, -0.05) is 6.07 Å². The topological polar surface area (TPSA) is 47.0 Å². The van der Waals surface area contributed by atoms with Crippen molar-refractivity contribution in [1.82, 2.24) is 4.98 Å². The molecule has 0 bridgehead atoms. The van der Waals surface area contributed by atoms with Gasteiger partial charge in [0, 0.05) is 12.4 Å². The van der Waals surface area contributed by atoms with Crippen molar-refractivity contribution in [1.29, 1.82) is 0 Å². The zero-order valence-electron chi connectivity index (χ0n) is 25.1. The number of allylic oxidation sites excluding steroid dienone is 4. The minimum absolute atomic E-state index is 0.00146. The first-order valence-corrected chi connectivity index (χ1v) is 21.7. The standard InChI is InChI=1S/C39H42INO2/c1-40(43,26-30-17-18-33-12-5-6-13-34(33)23-30)27-38(32-10-3-2-4-11-32)25-39(42)37-15-7-14-35-22-29(16-19-36(35)24-37)21-31-9-8-20-41-28-31/h2-6,8-13,16-20,23,28,35,37-38H,7,14-15,21-22,24-27H2,1H3. The van der Waals surface area contributed by atoms with Crippen molar-refractivity contribution in [2.75, 3.05) is 9.36 Å². The van der Waals surface area contributed by atoms with E-state index in [9.17, 15) is 7.86 Å². The summed E-state index contributed by atoms with van der Waals surface area (Å²) in [6, 6.07) is 29.3. The van der Waals surface area contributed by atoms with E-state index in [1.54, 1.807) is 0 Å². The van der Waals surface area contributed by atoms with Gasteiger partial charge in [-0.05, 0) is 6.07 Å². The fourth-order valence-corrected chi connectivity index (χ4v) is 12.8. The molecule has 4 unspecified atom stereocenters. The first-order chi connectivity index (χ1) is 20.9. The first kappa shape index (κ1) is 29.8. The number of pyridine rings is 1. The van der Waals surface area contributed by atoms with Crippen molar-refractivity contribution in [3.8, 4) is 0 Å². The molecule has 222 valence electrons. The molecule has 43 heavy (non-hydrogen) atoms. The molecule has 4 heteroatoms. The molecular formula is C39H42INO2. The second-order valence-electron chi connectivity index (χ2n) is 12.7. The molecule has 2 aliphatic carbocycles. The average Bonchev–Trinajstić information content (AvgIpc) is 3.24. The van der Waals surface area contributed by atoms with E-state index in [0.717, 1.165) is 49.7 Å². The maximum absolute atomic E-state index is 14.2. The van der Waals surface area contributed by atoms with Gasteiger partial charge in [0.05, 0.1) is 0 Å². The molecule has 3 nitrogen and oxygen atoms in total. The Hall–Kier alpha value is -3.25. The normalized spacial score (nSPS) is 21.4. The van der Waals surface area contributed by atoms with E-state index >= 15 is 0 Å². The molecule has 1 heterocycles. The van der Waals surface area contributed by atoms with Crippen molar-refractivity contribution in [3.63, 3.8) is 0 Å². The molecule has 0 spiro atoms. The van der Waals surface area contributed by atoms with Gasteiger partial charge in [0.15, 0.2) is 0 Å². The third-order valence-electron chi connectivity index (χ3n) is 9.24. The van der Waals surface area contributed by atoms with Crippen LogP contribution >= 0.6 is 18.4 Å². The van der Waals surface area contributed by atoms with E-state index < -0.39 is 18.4 Å². The zero-order valence-corrected chi connectivity index (χ0v) is 27.3. The van der Waals surface area contributed by atoms with Crippen LogP contribution in [0.4, 0.5) is 0 Å². The molecule has 4 atom stereocenters. The number of aromatic nitrogens is 1. The van der Waals surface area contributed by atoms with Crippen molar-refractivity contribution in [2.24, 2.45) is 11.8 Å². The third-order valence-corrected chi connectivity index (χ3v) is 14.7. The Morgan fingerprint density at radius 1 is 0.884 bits per heavy atom. The van der Waals surface area contributed by atoms with Gasteiger partial charge < -0.3 is 0 Å². The number of carbonyl (C=O) groups excluding carboxylic acids is 1. The van der Waals surface area contributed by atoms with Gasteiger partial charge >= 0.3 is 232 Å². The predicted octanol–water partition coefficient (Wildman–Crippen LogP) is 9.80. The Morgan fingerprint density at radius 2 is 1.70 bits per heavy atom. The number of benzene rings is 3. The number of fused-ring (bicyclic) bond motifs is 2. The Kier molecular flexibility index (Phi) is 9.42. The van der Waals surface area contributed by atoms with Gasteiger partial charge in [0.2, 0.25) is 0 Å². The predicted molar refractivity (Wildman–Crippen MR) is 186 cm³/mol. The summed E-state index contributed by atoms with van der Waals surface area (Å²) < 4.78 is 15.4. The summed E-state index contributed by atoms with van der Waals surface area (Å²) in [5.74, 6) is 0.947. The number of halogens is 1. The van der Waals surface area contributed by atoms with E-state index in [1.165, 1.54) is 27.5 Å². The molecule has 6 rings (SSSR count). The molecule has 3 aromatic carbocycles. The Balaban J connectivity index is 1.15. The summed E-state index contributed by atoms with van der Waals surface area (Å²) in [6.45, 7) is 0. The third kappa shape index (κ3) is 7.83. The van der Waals surface area contributed by atoms with E-state index in [-0.39, 0.29) is 11.8 Å². The van der Waals surface area contributed by atoms with Crippen LogP contribution in [0.25, 0.3) is 10.8 Å². The summed E-state index contributed by atoms with van der Waals surface area (Å²) in [4.78, 5) is 20.3. The number of rotatable bonds is 10. The molecule has 0 amide bonds. The molecule has 1 fully saturated rings. The van der Waals surface area contributed by atoms with Gasteiger partial charge in [0.1, 0.15) is 0 Å². The molecule has 0 saturated heterocycles. The van der Waals surface area contributed by atoms with Crippen LogP contribution in [0.3, 0.4) is 0 Å². The number of alkyl halides is 3. The van der Waals surface area contributed by atoms with Crippen LogP contribution in [-0.2, 0) is 18.7 Å². The number of hydrogen-bond donors (Lipinski definition) is 0. The zero-order chi connectivity index (χ0) is 29.6. The van der Waals surface area contributed by atoms with E-state index in [0.29, 0.717) is 27.0 Å². The number of carbonyl (C=O) groups is 1. The molecular weight excluding hydrogens is 641 g/mol. The molecule has 0 N–H and O–H groups in total. The van der Waals surface area contributed by atoms with Crippen LogP contribution in [0.5, 0.6) is 0 Å². The van der Waals surface area contributed by atoms with Crippen LogP contribution < -0.4 is 0 Å². The van der Waals surface area contributed by atoms with Gasteiger partial charge in [0.25, 0.3) is 0 Å². The number of nitrogens with zero attached hydrogens (tertiary/aromatic N) is 1. The van der Waals surface area contributed by atoms with Crippen LogP contribution in [0.15, 0.2) is 121 Å². The van der Waals surface area contributed by atoms with Crippen molar-refractivity contribution in [3.05, 3.63) is 137 Å². The summed E-state index contributed by atoms with van der Waals surface area (Å²) in [5, 5.41) is 2.39. The number of ketones is 1. The Morgan fingerprint density at radius 3 is 2.51 bits per heavy atom.